The number of halogens is 3. The molecular formula is C38H38F3N3O8. The average molecular weight is 722 g/mol. The molecule has 0 unspecified atom stereocenters. The molecule has 2 fully saturated rings. The number of methoxy groups -OCH3 is 1. The number of hydrogen-bond donors (Lipinski definition) is 3. The number of alkyl halides is 3. The second kappa shape index (κ2) is 11.9. The van der Waals surface area contributed by atoms with E-state index in [-0.39, 0.29) is 37.1 Å². The van der Waals surface area contributed by atoms with Gasteiger partial charge >= 0.3 is 12.1 Å². The second-order valence-corrected chi connectivity index (χ2v) is 14.3. The molecule has 5 heterocycles. The van der Waals surface area contributed by atoms with Gasteiger partial charge in [0, 0.05) is 53.4 Å². The number of hydrogen-bond acceptors (Lipinski definition) is 10. The Kier molecular flexibility index (Phi) is 7.83. The maximum atomic E-state index is 13.3. The van der Waals surface area contributed by atoms with E-state index in [4.69, 9.17) is 18.9 Å². The topological polar surface area (TPSA) is 130 Å². The minimum atomic E-state index is -4.53. The molecule has 274 valence electrons. The van der Waals surface area contributed by atoms with Gasteiger partial charge in [-0.2, -0.15) is 13.2 Å². The minimum Gasteiger partial charge on any atom is -0.504 e. The number of phenols is 1. The Morgan fingerprint density at radius 1 is 1.12 bits per heavy atom. The van der Waals surface area contributed by atoms with Gasteiger partial charge in [0.05, 0.1) is 30.8 Å². The fraction of sp³-hybridized carbons (Fsp3) is 0.421. The lowest BCUT2D eigenvalue weighted by atomic mass is 9.72. The van der Waals surface area contributed by atoms with Gasteiger partial charge in [-0.15, -0.1) is 0 Å². The Morgan fingerprint density at radius 2 is 1.87 bits per heavy atom. The molecule has 1 amide bonds. The molecule has 8 rings (SSSR count). The monoisotopic (exact) mass is 721 g/mol. The molecule has 0 radical (unpaired) electrons. The third kappa shape index (κ3) is 4.91. The quantitative estimate of drug-likeness (QED) is 0.178. The first-order chi connectivity index (χ1) is 24.6. The van der Waals surface area contributed by atoms with Crippen molar-refractivity contribution in [3.8, 4) is 28.7 Å². The number of phenolic OH excluding ortho intramolecular Hbond substituents is 1. The minimum absolute atomic E-state index is 0.0330. The highest BCUT2D eigenvalue weighted by Gasteiger charge is 2.68. The van der Waals surface area contributed by atoms with Gasteiger partial charge in [-0.25, -0.2) is 0 Å². The van der Waals surface area contributed by atoms with Crippen LogP contribution in [-0.2, 0) is 27.7 Å². The Morgan fingerprint density at radius 3 is 2.58 bits per heavy atom. The van der Waals surface area contributed by atoms with Crippen molar-refractivity contribution in [2.75, 3.05) is 20.4 Å². The first kappa shape index (κ1) is 34.3. The number of aromatic hydroxyl groups is 1. The number of benzene rings is 3. The average Bonchev–Trinajstić information content (AvgIpc) is 3.65. The zero-order valence-electron chi connectivity index (χ0n) is 29.1. The summed E-state index contributed by atoms with van der Waals surface area (Å²) in [6.07, 6.45) is -2.20. The highest BCUT2D eigenvalue weighted by molar-refractivity contribution is 5.91. The van der Waals surface area contributed by atoms with Gasteiger partial charge in [-0.3, -0.25) is 19.4 Å². The van der Waals surface area contributed by atoms with Crippen LogP contribution in [0.15, 0.2) is 36.4 Å². The lowest BCUT2D eigenvalue weighted by molar-refractivity contribution is -0.244. The number of carbonyl (C=O) groups excluding carboxylic acids is 2. The van der Waals surface area contributed by atoms with E-state index < -0.39 is 53.5 Å². The van der Waals surface area contributed by atoms with E-state index in [1.807, 2.05) is 17.9 Å². The fourth-order valence-corrected chi connectivity index (χ4v) is 9.38. The summed E-state index contributed by atoms with van der Waals surface area (Å²) in [6, 6.07) is 4.71. The number of nitrogens with zero attached hydrogens (tertiary/aromatic N) is 2. The summed E-state index contributed by atoms with van der Waals surface area (Å²) in [4.78, 5) is 30.0. The summed E-state index contributed by atoms with van der Waals surface area (Å²) in [5.74, 6) is 0.398. The number of piperazine rings is 1. The van der Waals surface area contributed by atoms with Crippen molar-refractivity contribution in [2.45, 2.75) is 82.6 Å². The molecule has 14 heteroatoms. The number of nitrogens with one attached hydrogen (secondary N) is 1. The van der Waals surface area contributed by atoms with Crippen LogP contribution in [0.4, 0.5) is 13.2 Å². The third-order valence-electron chi connectivity index (χ3n) is 11.4. The van der Waals surface area contributed by atoms with Crippen molar-refractivity contribution < 1.29 is 51.9 Å². The molecule has 0 bridgehead atoms. The predicted molar refractivity (Wildman–Crippen MR) is 180 cm³/mol. The van der Waals surface area contributed by atoms with Crippen molar-refractivity contribution >= 4 is 18.0 Å². The summed E-state index contributed by atoms with van der Waals surface area (Å²) >= 11 is 0. The van der Waals surface area contributed by atoms with Gasteiger partial charge in [-0.1, -0.05) is 12.1 Å². The molecular weight excluding hydrogens is 683 g/mol. The molecule has 3 aromatic carbocycles. The maximum Gasteiger partial charge on any atom is 0.416 e. The Hall–Kier alpha value is -4.79. The van der Waals surface area contributed by atoms with E-state index in [1.165, 1.54) is 32.2 Å². The molecule has 3 N–H and O–H groups in total. The summed E-state index contributed by atoms with van der Waals surface area (Å²) in [7, 11) is 1.51. The van der Waals surface area contributed by atoms with E-state index in [0.717, 1.165) is 29.3 Å². The van der Waals surface area contributed by atoms with Crippen LogP contribution in [0.1, 0.15) is 76.9 Å². The summed E-state index contributed by atoms with van der Waals surface area (Å²) in [5, 5.41) is 26.9. The summed E-state index contributed by atoms with van der Waals surface area (Å²) in [5.41, 5.74) is 3.15. The van der Waals surface area contributed by atoms with Crippen LogP contribution in [0.2, 0.25) is 0 Å². The zero-order valence-corrected chi connectivity index (χ0v) is 29.1. The number of aliphatic hydroxyl groups excluding tert-OH is 1. The Bertz CT molecular complexity index is 2070. The largest absolute Gasteiger partial charge is 0.504 e. The number of aliphatic hydroxyl groups is 1. The molecule has 0 saturated carbocycles. The number of fused-ring (bicyclic) bond motifs is 8. The molecule has 0 spiro atoms. The van der Waals surface area contributed by atoms with Gasteiger partial charge < -0.3 is 34.5 Å². The van der Waals surface area contributed by atoms with E-state index in [9.17, 15) is 33.0 Å². The molecule has 5 aliphatic rings. The molecule has 11 nitrogen and oxygen atoms in total. The van der Waals surface area contributed by atoms with Crippen LogP contribution in [0.25, 0.3) is 6.08 Å². The zero-order chi connectivity index (χ0) is 37.0. The molecule has 6 atom stereocenters. The molecule has 5 aliphatic heterocycles. The third-order valence-corrected chi connectivity index (χ3v) is 11.4. The van der Waals surface area contributed by atoms with Crippen molar-refractivity contribution in [3.05, 3.63) is 80.9 Å². The highest BCUT2D eigenvalue weighted by Crippen LogP contribution is 2.67. The van der Waals surface area contributed by atoms with Gasteiger partial charge in [-0.05, 0) is 74.6 Å². The van der Waals surface area contributed by atoms with E-state index in [2.05, 4.69) is 17.1 Å². The van der Waals surface area contributed by atoms with E-state index in [1.54, 1.807) is 6.92 Å². The van der Waals surface area contributed by atoms with Gasteiger partial charge in [0.15, 0.2) is 23.0 Å². The van der Waals surface area contributed by atoms with Crippen molar-refractivity contribution in [2.24, 2.45) is 0 Å². The molecule has 52 heavy (non-hydrogen) atoms. The number of aryl methyl sites for hydroxylation is 1. The Labute approximate surface area is 297 Å². The van der Waals surface area contributed by atoms with E-state index >= 15 is 0 Å². The van der Waals surface area contributed by atoms with Crippen LogP contribution in [0, 0.1) is 13.8 Å². The fourth-order valence-electron chi connectivity index (χ4n) is 9.38. The van der Waals surface area contributed by atoms with Crippen molar-refractivity contribution in [3.63, 3.8) is 0 Å². The van der Waals surface area contributed by atoms with Gasteiger partial charge in [0.25, 0.3) is 0 Å². The van der Waals surface area contributed by atoms with Crippen LogP contribution >= 0.6 is 0 Å². The first-order valence-corrected chi connectivity index (χ1v) is 17.1. The molecule has 3 aromatic rings. The number of ether oxygens (including phenoxy) is 4. The van der Waals surface area contributed by atoms with Crippen LogP contribution in [0.5, 0.6) is 28.7 Å². The van der Waals surface area contributed by atoms with Crippen molar-refractivity contribution in [1.29, 1.82) is 0 Å². The van der Waals surface area contributed by atoms with Crippen LogP contribution in [0.3, 0.4) is 0 Å². The maximum absolute atomic E-state index is 13.3. The number of amides is 1. The first-order valence-electron chi connectivity index (χ1n) is 17.1. The predicted octanol–water partition coefficient (Wildman–Crippen LogP) is 5.16. The number of rotatable bonds is 6. The van der Waals surface area contributed by atoms with E-state index in [0.29, 0.717) is 51.7 Å². The normalized spacial score (nSPS) is 27.0. The molecule has 0 aromatic heterocycles. The van der Waals surface area contributed by atoms with Crippen LogP contribution in [-0.4, -0.2) is 70.6 Å². The van der Waals surface area contributed by atoms with Gasteiger partial charge in [0.2, 0.25) is 12.7 Å². The number of esters is 1. The smallest absolute Gasteiger partial charge is 0.416 e. The second-order valence-electron chi connectivity index (χ2n) is 14.3. The molecule has 0 aliphatic carbocycles. The summed E-state index contributed by atoms with van der Waals surface area (Å²) in [6.45, 7) is 6.92. The highest BCUT2D eigenvalue weighted by atomic mass is 19.4. The number of carbonyl (C=O) groups is 2. The lowest BCUT2D eigenvalue weighted by Crippen LogP contribution is -2.75. The molecule has 2 saturated heterocycles. The van der Waals surface area contributed by atoms with Gasteiger partial charge in [0.1, 0.15) is 12.0 Å². The SMILES string of the molecule is COc1c(C)cc2c(c1O)[C@@H]1[C@@H]3Cc4c(OC(C)=O)c(C)c5c(c4[C@H](CNC(=O)/C=C/c4cccc(C(F)(F)F)c4)N3[C@@H](O)[C@@H]3C[C@@]2(C)N13)OCO5. The van der Waals surface area contributed by atoms with Crippen molar-refractivity contribution in [1.82, 2.24) is 15.1 Å². The lowest BCUT2D eigenvalue weighted by Gasteiger charge is -2.65. The standard InChI is InChI=1S/C38H38F3N3O8/c1-17-11-23-29(31(47)32(17)49-5)30-24-13-22-28(35-34(50-16-51-35)18(2)33(22)52-19(3)45)26(43(24)36(48)25-14-37(23,4)44(25)30)15-42-27(46)10-9-20-7-6-8-21(12-20)38(39,40)41/h6-12,24-26,30,36,47-48H,13-16H2,1-5H3,(H,42,46)/b10-9+/t24-,25-,26-,30-,36-,37+/m0/s1. The Balaban J connectivity index is 1.23. The van der Waals surface area contributed by atoms with Crippen LogP contribution < -0.4 is 24.3 Å². The summed E-state index contributed by atoms with van der Waals surface area (Å²) < 4.78 is 63.3.